The number of H-pyrrole nitrogens is 1. The topological polar surface area (TPSA) is 61.0 Å². The van der Waals surface area contributed by atoms with Crippen molar-refractivity contribution in [1.29, 1.82) is 0 Å². The Labute approximate surface area is 124 Å². The Morgan fingerprint density at radius 3 is 3.00 bits per heavy atom. The summed E-state index contributed by atoms with van der Waals surface area (Å²) in [7, 11) is 3.97. The van der Waals surface area contributed by atoms with Crippen molar-refractivity contribution >= 4 is 11.5 Å². The van der Waals surface area contributed by atoms with E-state index in [-0.39, 0.29) is 11.6 Å². The molecular weight excluding hydrogens is 264 g/mol. The predicted octanol–water partition coefficient (Wildman–Crippen LogP) is 2.33. The highest BCUT2D eigenvalue weighted by atomic mass is 16.1. The zero-order chi connectivity index (χ0) is 14.8. The number of aromatic amines is 1. The molecule has 0 amide bonds. The molecule has 2 N–H and O–H groups in total. The molecular formula is C16H20N4O. The molecule has 1 aliphatic rings. The van der Waals surface area contributed by atoms with Crippen LogP contribution < -0.4 is 15.8 Å². The van der Waals surface area contributed by atoms with Gasteiger partial charge < -0.3 is 15.2 Å². The number of rotatable bonds is 3. The first kappa shape index (κ1) is 13.7. The number of hydrogen-bond acceptors (Lipinski definition) is 4. The smallest absolute Gasteiger partial charge is 0.248 e. The fourth-order valence-electron chi connectivity index (χ4n) is 2.90. The second kappa shape index (κ2) is 5.60. The molecule has 2 aromatic heterocycles. The van der Waals surface area contributed by atoms with E-state index in [2.05, 4.69) is 15.3 Å². The lowest BCUT2D eigenvalue weighted by Gasteiger charge is -2.28. The Morgan fingerprint density at radius 2 is 2.19 bits per heavy atom. The van der Waals surface area contributed by atoms with Gasteiger partial charge in [0.1, 0.15) is 0 Å². The fourth-order valence-corrected chi connectivity index (χ4v) is 2.90. The van der Waals surface area contributed by atoms with Gasteiger partial charge >= 0.3 is 0 Å². The van der Waals surface area contributed by atoms with E-state index in [1.807, 2.05) is 37.2 Å². The third-order valence-corrected chi connectivity index (χ3v) is 3.87. The first-order valence-electron chi connectivity index (χ1n) is 7.26. The van der Waals surface area contributed by atoms with Gasteiger partial charge in [0.15, 0.2) is 5.82 Å². The van der Waals surface area contributed by atoms with Crippen LogP contribution in [0.1, 0.15) is 30.1 Å². The number of nitrogens with one attached hydrogen (secondary N) is 2. The van der Waals surface area contributed by atoms with Gasteiger partial charge in [-0.3, -0.25) is 4.79 Å². The van der Waals surface area contributed by atoms with Crippen LogP contribution in [0.25, 0.3) is 0 Å². The lowest BCUT2D eigenvalue weighted by Crippen LogP contribution is -2.23. The maximum absolute atomic E-state index is 11.5. The van der Waals surface area contributed by atoms with Gasteiger partial charge in [-0.05, 0) is 43.0 Å². The standard InChI is InChI=1S/C16H20N4O/c1-20(2)16-14(7-4-10-17-16)18-12-5-3-6-13-11(12)8-9-15(21)19-13/h4,7-10,12,18H,3,5-6H2,1-2H3,(H,19,21). The fraction of sp³-hybridized carbons (Fsp3) is 0.375. The van der Waals surface area contributed by atoms with Crippen LogP contribution >= 0.6 is 0 Å². The molecule has 2 aromatic rings. The summed E-state index contributed by atoms with van der Waals surface area (Å²) in [6, 6.07) is 7.74. The first-order valence-corrected chi connectivity index (χ1v) is 7.26. The number of aryl methyl sites for hydroxylation is 1. The van der Waals surface area contributed by atoms with E-state index in [1.54, 1.807) is 12.3 Å². The van der Waals surface area contributed by atoms with Crippen LogP contribution in [0.5, 0.6) is 0 Å². The maximum atomic E-state index is 11.5. The van der Waals surface area contributed by atoms with Crippen LogP contribution in [-0.2, 0) is 6.42 Å². The van der Waals surface area contributed by atoms with E-state index in [4.69, 9.17) is 0 Å². The number of hydrogen-bond donors (Lipinski definition) is 2. The zero-order valence-corrected chi connectivity index (χ0v) is 12.4. The van der Waals surface area contributed by atoms with E-state index in [0.717, 1.165) is 36.5 Å². The van der Waals surface area contributed by atoms with Gasteiger partial charge in [-0.25, -0.2) is 4.98 Å². The second-order valence-electron chi connectivity index (χ2n) is 5.61. The third kappa shape index (κ3) is 2.77. The summed E-state index contributed by atoms with van der Waals surface area (Å²) in [6.07, 6.45) is 4.87. The molecule has 1 unspecified atom stereocenters. The molecule has 1 atom stereocenters. The monoisotopic (exact) mass is 284 g/mol. The molecule has 0 fully saturated rings. The minimum atomic E-state index is -0.0234. The van der Waals surface area contributed by atoms with Gasteiger partial charge in [0.2, 0.25) is 5.56 Å². The number of fused-ring (bicyclic) bond motifs is 1. The van der Waals surface area contributed by atoms with Gasteiger partial charge in [0, 0.05) is 32.1 Å². The van der Waals surface area contributed by atoms with E-state index in [9.17, 15) is 4.79 Å². The number of aromatic nitrogens is 2. The van der Waals surface area contributed by atoms with Crippen molar-refractivity contribution in [3.8, 4) is 0 Å². The first-order chi connectivity index (χ1) is 10.1. The van der Waals surface area contributed by atoms with E-state index >= 15 is 0 Å². The molecule has 5 nitrogen and oxygen atoms in total. The summed E-state index contributed by atoms with van der Waals surface area (Å²) >= 11 is 0. The Kier molecular flexibility index (Phi) is 3.64. The minimum absolute atomic E-state index is 0.0234. The van der Waals surface area contributed by atoms with E-state index < -0.39 is 0 Å². The summed E-state index contributed by atoms with van der Waals surface area (Å²) in [6.45, 7) is 0. The molecule has 0 aromatic carbocycles. The molecule has 0 spiro atoms. The van der Waals surface area contributed by atoms with Crippen LogP contribution in [0.4, 0.5) is 11.5 Å². The minimum Gasteiger partial charge on any atom is -0.375 e. The summed E-state index contributed by atoms with van der Waals surface area (Å²) in [5, 5.41) is 3.58. The van der Waals surface area contributed by atoms with Gasteiger partial charge in [0.05, 0.1) is 11.7 Å². The van der Waals surface area contributed by atoms with Crippen molar-refractivity contribution in [2.75, 3.05) is 24.3 Å². The molecule has 21 heavy (non-hydrogen) atoms. The van der Waals surface area contributed by atoms with Crippen molar-refractivity contribution in [3.05, 3.63) is 52.1 Å². The quantitative estimate of drug-likeness (QED) is 0.908. The number of pyridine rings is 2. The highest BCUT2D eigenvalue weighted by molar-refractivity contribution is 5.65. The summed E-state index contributed by atoms with van der Waals surface area (Å²) < 4.78 is 0. The molecule has 0 bridgehead atoms. The van der Waals surface area contributed by atoms with Crippen LogP contribution in [-0.4, -0.2) is 24.1 Å². The van der Waals surface area contributed by atoms with Crippen LogP contribution in [0, 0.1) is 0 Å². The van der Waals surface area contributed by atoms with Crippen molar-refractivity contribution in [1.82, 2.24) is 9.97 Å². The maximum Gasteiger partial charge on any atom is 0.248 e. The van der Waals surface area contributed by atoms with E-state index in [0.29, 0.717) is 0 Å². The molecule has 110 valence electrons. The normalized spacial score (nSPS) is 17.1. The summed E-state index contributed by atoms with van der Waals surface area (Å²) in [5.41, 5.74) is 3.24. The highest BCUT2D eigenvalue weighted by Gasteiger charge is 2.21. The average molecular weight is 284 g/mol. The molecule has 1 aliphatic carbocycles. The average Bonchev–Trinajstić information content (AvgIpc) is 2.47. The van der Waals surface area contributed by atoms with Crippen molar-refractivity contribution in [2.24, 2.45) is 0 Å². The summed E-state index contributed by atoms with van der Waals surface area (Å²) in [4.78, 5) is 20.8. The Morgan fingerprint density at radius 1 is 1.33 bits per heavy atom. The van der Waals surface area contributed by atoms with Gasteiger partial charge in [-0.2, -0.15) is 0 Å². The number of anilines is 2. The van der Waals surface area contributed by atoms with Crippen molar-refractivity contribution in [3.63, 3.8) is 0 Å². The Hall–Kier alpha value is -2.30. The van der Waals surface area contributed by atoms with Gasteiger partial charge in [-0.15, -0.1) is 0 Å². The molecule has 0 radical (unpaired) electrons. The molecule has 0 saturated heterocycles. The van der Waals surface area contributed by atoms with Crippen LogP contribution in [0.3, 0.4) is 0 Å². The Balaban J connectivity index is 1.92. The van der Waals surface area contributed by atoms with Gasteiger partial charge in [0.25, 0.3) is 0 Å². The van der Waals surface area contributed by atoms with E-state index in [1.165, 1.54) is 5.56 Å². The van der Waals surface area contributed by atoms with Gasteiger partial charge in [-0.1, -0.05) is 0 Å². The van der Waals surface area contributed by atoms with Crippen molar-refractivity contribution < 1.29 is 0 Å². The molecule has 3 rings (SSSR count). The largest absolute Gasteiger partial charge is 0.375 e. The Bertz CT molecular complexity index is 693. The molecule has 5 heteroatoms. The third-order valence-electron chi connectivity index (χ3n) is 3.87. The number of nitrogens with zero attached hydrogens (tertiary/aromatic N) is 2. The lowest BCUT2D eigenvalue weighted by molar-refractivity contribution is 0.586. The molecule has 2 heterocycles. The zero-order valence-electron chi connectivity index (χ0n) is 12.4. The van der Waals surface area contributed by atoms with Crippen molar-refractivity contribution in [2.45, 2.75) is 25.3 Å². The second-order valence-corrected chi connectivity index (χ2v) is 5.61. The molecule has 0 saturated carbocycles. The highest BCUT2D eigenvalue weighted by Crippen LogP contribution is 2.33. The van der Waals surface area contributed by atoms with Crippen LogP contribution in [0.2, 0.25) is 0 Å². The SMILES string of the molecule is CN(C)c1ncccc1NC1CCCc2[nH]c(=O)ccc21. The summed E-state index contributed by atoms with van der Waals surface area (Å²) in [5.74, 6) is 0.925. The molecule has 0 aliphatic heterocycles. The van der Waals surface area contributed by atoms with Crippen LogP contribution in [0.15, 0.2) is 35.3 Å². The lowest BCUT2D eigenvalue weighted by atomic mass is 9.91. The predicted molar refractivity (Wildman–Crippen MR) is 84.9 cm³/mol.